The SMILES string of the molecule is NNC[C@@H]1Cc2ccccc2O1. The van der Waals surface area contributed by atoms with Crippen LogP contribution in [0.15, 0.2) is 24.3 Å². The van der Waals surface area contributed by atoms with Crippen molar-refractivity contribution in [2.45, 2.75) is 12.5 Å². The average molecular weight is 164 g/mol. The Bertz CT molecular complexity index is 250. The van der Waals surface area contributed by atoms with E-state index in [1.807, 2.05) is 18.2 Å². The lowest BCUT2D eigenvalue weighted by Gasteiger charge is -2.08. The number of benzene rings is 1. The van der Waals surface area contributed by atoms with E-state index in [1.165, 1.54) is 5.56 Å². The van der Waals surface area contributed by atoms with Crippen molar-refractivity contribution in [2.24, 2.45) is 5.84 Å². The summed E-state index contributed by atoms with van der Waals surface area (Å²) in [5.41, 5.74) is 3.90. The number of nitrogens with two attached hydrogens (primary N) is 1. The monoisotopic (exact) mass is 164 g/mol. The van der Waals surface area contributed by atoms with E-state index in [1.54, 1.807) is 0 Å². The number of rotatable bonds is 2. The van der Waals surface area contributed by atoms with Gasteiger partial charge in [0.2, 0.25) is 0 Å². The molecule has 1 aromatic carbocycles. The molecule has 0 unspecified atom stereocenters. The first kappa shape index (κ1) is 7.58. The smallest absolute Gasteiger partial charge is 0.123 e. The fourth-order valence-electron chi connectivity index (χ4n) is 1.50. The normalized spacial score (nSPS) is 20.2. The molecule has 1 heterocycles. The second-order valence-electron chi connectivity index (χ2n) is 2.96. The molecule has 1 aliphatic rings. The summed E-state index contributed by atoms with van der Waals surface area (Å²) in [4.78, 5) is 0. The van der Waals surface area contributed by atoms with Gasteiger partial charge in [-0.15, -0.1) is 0 Å². The van der Waals surface area contributed by atoms with Gasteiger partial charge in [0.05, 0.1) is 0 Å². The van der Waals surface area contributed by atoms with Gasteiger partial charge >= 0.3 is 0 Å². The third kappa shape index (κ3) is 1.29. The minimum absolute atomic E-state index is 0.201. The highest BCUT2D eigenvalue weighted by atomic mass is 16.5. The molecule has 3 N–H and O–H groups in total. The summed E-state index contributed by atoms with van der Waals surface area (Å²) in [6, 6.07) is 8.09. The van der Waals surface area contributed by atoms with E-state index in [4.69, 9.17) is 10.6 Å². The number of hydrogen-bond acceptors (Lipinski definition) is 3. The molecule has 0 bridgehead atoms. The van der Waals surface area contributed by atoms with Crippen LogP contribution in [0.25, 0.3) is 0 Å². The van der Waals surface area contributed by atoms with Crippen LogP contribution in [0, 0.1) is 0 Å². The van der Waals surface area contributed by atoms with Crippen LogP contribution in [-0.2, 0) is 6.42 Å². The Hall–Kier alpha value is -1.06. The summed E-state index contributed by atoms with van der Waals surface area (Å²) in [6.45, 7) is 0.703. The minimum Gasteiger partial charge on any atom is -0.488 e. The molecule has 0 aliphatic carbocycles. The molecule has 3 nitrogen and oxygen atoms in total. The summed E-state index contributed by atoms with van der Waals surface area (Å²) >= 11 is 0. The number of nitrogens with one attached hydrogen (secondary N) is 1. The predicted molar refractivity (Wildman–Crippen MR) is 46.8 cm³/mol. The van der Waals surface area contributed by atoms with Crippen molar-refractivity contribution >= 4 is 0 Å². The summed E-state index contributed by atoms with van der Waals surface area (Å²) in [5.74, 6) is 6.21. The molecule has 0 spiro atoms. The third-order valence-electron chi connectivity index (χ3n) is 2.06. The van der Waals surface area contributed by atoms with Gasteiger partial charge in [-0.2, -0.15) is 0 Å². The second-order valence-corrected chi connectivity index (χ2v) is 2.96. The van der Waals surface area contributed by atoms with E-state index >= 15 is 0 Å². The van der Waals surface area contributed by atoms with Crippen LogP contribution >= 0.6 is 0 Å². The zero-order valence-corrected chi connectivity index (χ0v) is 6.79. The fraction of sp³-hybridized carbons (Fsp3) is 0.333. The van der Waals surface area contributed by atoms with Crippen molar-refractivity contribution < 1.29 is 4.74 Å². The van der Waals surface area contributed by atoms with E-state index in [2.05, 4.69) is 11.5 Å². The zero-order chi connectivity index (χ0) is 8.39. The van der Waals surface area contributed by atoms with Gasteiger partial charge in [0.1, 0.15) is 11.9 Å². The number of hydrazine groups is 1. The van der Waals surface area contributed by atoms with Gasteiger partial charge in [0, 0.05) is 13.0 Å². The first-order valence-corrected chi connectivity index (χ1v) is 4.08. The van der Waals surface area contributed by atoms with E-state index in [-0.39, 0.29) is 6.10 Å². The molecule has 1 atom stereocenters. The van der Waals surface area contributed by atoms with Crippen LogP contribution in [0.2, 0.25) is 0 Å². The van der Waals surface area contributed by atoms with E-state index in [9.17, 15) is 0 Å². The highest BCUT2D eigenvalue weighted by Gasteiger charge is 2.20. The van der Waals surface area contributed by atoms with Crippen molar-refractivity contribution in [1.82, 2.24) is 5.43 Å². The van der Waals surface area contributed by atoms with Crippen LogP contribution in [0.1, 0.15) is 5.56 Å². The number of hydrogen-bond donors (Lipinski definition) is 2. The van der Waals surface area contributed by atoms with E-state index in [0.717, 1.165) is 12.2 Å². The van der Waals surface area contributed by atoms with Crippen molar-refractivity contribution in [3.8, 4) is 5.75 Å². The van der Waals surface area contributed by atoms with Gasteiger partial charge in [0.15, 0.2) is 0 Å². The van der Waals surface area contributed by atoms with Gasteiger partial charge in [0.25, 0.3) is 0 Å². The third-order valence-corrected chi connectivity index (χ3v) is 2.06. The largest absolute Gasteiger partial charge is 0.488 e. The summed E-state index contributed by atoms with van der Waals surface area (Å²) in [6.07, 6.45) is 1.16. The zero-order valence-electron chi connectivity index (χ0n) is 6.79. The lowest BCUT2D eigenvalue weighted by Crippen LogP contribution is -2.34. The molecule has 3 heteroatoms. The maximum absolute atomic E-state index is 5.60. The van der Waals surface area contributed by atoms with Crippen molar-refractivity contribution in [1.29, 1.82) is 0 Å². The van der Waals surface area contributed by atoms with E-state index in [0.29, 0.717) is 6.54 Å². The van der Waals surface area contributed by atoms with Crippen LogP contribution in [0.5, 0.6) is 5.75 Å². The molecule has 0 radical (unpaired) electrons. The summed E-state index contributed by atoms with van der Waals surface area (Å²) in [7, 11) is 0. The Labute approximate surface area is 71.5 Å². The molecule has 2 rings (SSSR count). The number of ether oxygens (including phenoxy) is 1. The summed E-state index contributed by atoms with van der Waals surface area (Å²) in [5, 5.41) is 0. The Morgan fingerprint density at radius 1 is 1.50 bits per heavy atom. The van der Waals surface area contributed by atoms with Crippen molar-refractivity contribution in [2.75, 3.05) is 6.54 Å². The second kappa shape index (κ2) is 3.13. The molecule has 0 aromatic heterocycles. The fourth-order valence-corrected chi connectivity index (χ4v) is 1.50. The number of para-hydroxylation sites is 1. The Morgan fingerprint density at radius 3 is 3.08 bits per heavy atom. The molecule has 0 fully saturated rings. The van der Waals surface area contributed by atoms with Gasteiger partial charge in [-0.1, -0.05) is 18.2 Å². The maximum atomic E-state index is 5.60. The maximum Gasteiger partial charge on any atom is 0.123 e. The van der Waals surface area contributed by atoms with Gasteiger partial charge < -0.3 is 4.74 Å². The molecule has 0 saturated heterocycles. The summed E-state index contributed by atoms with van der Waals surface area (Å²) < 4.78 is 5.60. The average Bonchev–Trinajstić information content (AvgIpc) is 2.47. The lowest BCUT2D eigenvalue weighted by molar-refractivity contribution is 0.228. The molecule has 1 aliphatic heterocycles. The predicted octanol–water partition coefficient (Wildman–Crippen LogP) is 0.453. The van der Waals surface area contributed by atoms with E-state index < -0.39 is 0 Å². The molecule has 0 saturated carbocycles. The molecule has 64 valence electrons. The van der Waals surface area contributed by atoms with Crippen LogP contribution < -0.4 is 16.0 Å². The Kier molecular flexibility index (Phi) is 1.98. The highest BCUT2D eigenvalue weighted by Crippen LogP contribution is 2.27. The van der Waals surface area contributed by atoms with Crippen molar-refractivity contribution in [3.05, 3.63) is 29.8 Å². The first-order chi connectivity index (χ1) is 5.90. The van der Waals surface area contributed by atoms with Gasteiger partial charge in [-0.05, 0) is 11.6 Å². The Balaban J connectivity index is 2.11. The molecular formula is C9H12N2O. The first-order valence-electron chi connectivity index (χ1n) is 4.08. The van der Waals surface area contributed by atoms with Crippen molar-refractivity contribution in [3.63, 3.8) is 0 Å². The molecular weight excluding hydrogens is 152 g/mol. The highest BCUT2D eigenvalue weighted by molar-refractivity contribution is 5.37. The van der Waals surface area contributed by atoms with Gasteiger partial charge in [-0.25, -0.2) is 0 Å². The Morgan fingerprint density at radius 2 is 2.33 bits per heavy atom. The van der Waals surface area contributed by atoms with Crippen LogP contribution in [0.3, 0.4) is 0 Å². The lowest BCUT2D eigenvalue weighted by atomic mass is 10.1. The molecule has 12 heavy (non-hydrogen) atoms. The molecule has 0 amide bonds. The van der Waals surface area contributed by atoms with Crippen LogP contribution in [0.4, 0.5) is 0 Å². The van der Waals surface area contributed by atoms with Gasteiger partial charge in [-0.3, -0.25) is 11.3 Å². The standard InChI is InChI=1S/C9H12N2O/c10-11-6-8-5-7-3-1-2-4-9(7)12-8/h1-4,8,11H,5-6,10H2/t8-/m0/s1. The quantitative estimate of drug-likeness (QED) is 0.493. The minimum atomic E-state index is 0.201. The van der Waals surface area contributed by atoms with Crippen LogP contribution in [-0.4, -0.2) is 12.6 Å². The topological polar surface area (TPSA) is 47.3 Å². The molecule has 1 aromatic rings. The number of fused-ring (bicyclic) bond motifs is 1.